The molecule has 0 radical (unpaired) electrons. The first-order valence-corrected chi connectivity index (χ1v) is 17.7. The van der Waals surface area contributed by atoms with Crippen molar-refractivity contribution in [1.29, 1.82) is 0 Å². The Kier molecular flexibility index (Phi) is 7.18. The van der Waals surface area contributed by atoms with Crippen LogP contribution < -0.4 is 4.90 Å². The molecule has 244 valence electrons. The lowest BCUT2D eigenvalue weighted by Crippen LogP contribution is -2.10. The van der Waals surface area contributed by atoms with Crippen LogP contribution in [0.2, 0.25) is 0 Å². The molecule has 0 aliphatic rings. The fourth-order valence-corrected chi connectivity index (χ4v) is 7.54. The first-order valence-electron chi connectivity index (χ1n) is 17.7. The molecule has 10 rings (SSSR count). The van der Waals surface area contributed by atoms with Gasteiger partial charge in [-0.05, 0) is 110 Å². The van der Waals surface area contributed by atoms with E-state index in [-0.39, 0.29) is 0 Å². The third kappa shape index (κ3) is 5.30. The minimum Gasteiger partial charge on any atom is -0.454 e. The summed E-state index contributed by atoms with van der Waals surface area (Å²) >= 11 is 0. The molecule has 1 aromatic heterocycles. The molecule has 0 bridgehead atoms. The summed E-state index contributed by atoms with van der Waals surface area (Å²) in [5, 5.41) is 7.13. The molecule has 0 N–H and O–H groups in total. The minimum absolute atomic E-state index is 0.858. The second-order valence-corrected chi connectivity index (χ2v) is 13.4. The van der Waals surface area contributed by atoms with Gasteiger partial charge in [0.15, 0.2) is 5.58 Å². The molecule has 0 saturated carbocycles. The second-order valence-electron chi connectivity index (χ2n) is 13.4. The number of anilines is 3. The zero-order chi connectivity index (χ0) is 34.4. The number of hydrogen-bond donors (Lipinski definition) is 0. The number of hydrogen-bond acceptors (Lipinski definition) is 2. The van der Waals surface area contributed by atoms with Gasteiger partial charge in [0.1, 0.15) is 5.58 Å². The highest BCUT2D eigenvalue weighted by Crippen LogP contribution is 2.45. The van der Waals surface area contributed by atoms with E-state index in [2.05, 4.69) is 199 Å². The Morgan fingerprint density at radius 3 is 1.42 bits per heavy atom. The molecule has 2 heteroatoms. The van der Waals surface area contributed by atoms with Gasteiger partial charge in [-0.2, -0.15) is 0 Å². The van der Waals surface area contributed by atoms with Crippen LogP contribution in [0.4, 0.5) is 17.1 Å². The van der Waals surface area contributed by atoms with Gasteiger partial charge in [-0.3, -0.25) is 0 Å². The molecule has 52 heavy (non-hydrogen) atoms. The SMILES string of the molecule is c1ccc(-c2ccc(N(c3ccc(-c4ccc5ccccc5c4)cc3)c3cc(-c4ccc5ccccc5c4)cc4c3oc3ccccc34)cc2)cc1. The maximum Gasteiger partial charge on any atom is 0.159 e. The molecule has 0 saturated heterocycles. The van der Waals surface area contributed by atoms with Gasteiger partial charge in [-0.1, -0.05) is 146 Å². The summed E-state index contributed by atoms with van der Waals surface area (Å²) in [6.07, 6.45) is 0. The van der Waals surface area contributed by atoms with Crippen LogP contribution in [-0.2, 0) is 0 Å². The molecular weight excluding hydrogens is 631 g/mol. The molecule has 0 unspecified atom stereocenters. The van der Waals surface area contributed by atoms with Crippen LogP contribution in [0.15, 0.2) is 205 Å². The van der Waals surface area contributed by atoms with Crippen LogP contribution in [0.1, 0.15) is 0 Å². The Bertz CT molecular complexity index is 2890. The van der Waals surface area contributed by atoms with Crippen LogP contribution in [0.3, 0.4) is 0 Å². The molecule has 9 aromatic carbocycles. The molecule has 10 aromatic rings. The number of rotatable bonds is 6. The smallest absolute Gasteiger partial charge is 0.159 e. The molecule has 0 amide bonds. The van der Waals surface area contributed by atoms with Gasteiger partial charge in [-0.15, -0.1) is 0 Å². The van der Waals surface area contributed by atoms with Crippen LogP contribution in [-0.4, -0.2) is 0 Å². The van der Waals surface area contributed by atoms with E-state index < -0.39 is 0 Å². The first kappa shape index (κ1) is 30.0. The molecule has 0 spiro atoms. The van der Waals surface area contributed by atoms with Crippen molar-refractivity contribution in [1.82, 2.24) is 0 Å². The Morgan fingerprint density at radius 1 is 0.308 bits per heavy atom. The zero-order valence-corrected chi connectivity index (χ0v) is 28.4. The van der Waals surface area contributed by atoms with E-state index >= 15 is 0 Å². The summed E-state index contributed by atoms with van der Waals surface area (Å²) in [5.74, 6) is 0. The Balaban J connectivity index is 1.18. The van der Waals surface area contributed by atoms with Crippen molar-refractivity contribution in [3.63, 3.8) is 0 Å². The third-order valence-electron chi connectivity index (χ3n) is 10.2. The number of nitrogens with zero attached hydrogens (tertiary/aromatic N) is 1. The average Bonchev–Trinajstić information content (AvgIpc) is 3.60. The van der Waals surface area contributed by atoms with Crippen molar-refractivity contribution in [3.05, 3.63) is 200 Å². The van der Waals surface area contributed by atoms with Crippen LogP contribution in [0.25, 0.3) is 76.9 Å². The number of para-hydroxylation sites is 1. The van der Waals surface area contributed by atoms with Crippen molar-refractivity contribution >= 4 is 60.5 Å². The Hall–Kier alpha value is -6.90. The average molecular weight is 664 g/mol. The van der Waals surface area contributed by atoms with Crippen LogP contribution in [0, 0.1) is 0 Å². The van der Waals surface area contributed by atoms with Crippen LogP contribution >= 0.6 is 0 Å². The summed E-state index contributed by atoms with van der Waals surface area (Å²) in [5.41, 5.74) is 11.9. The summed E-state index contributed by atoms with van der Waals surface area (Å²) < 4.78 is 6.75. The highest BCUT2D eigenvalue weighted by atomic mass is 16.3. The Morgan fingerprint density at radius 2 is 0.788 bits per heavy atom. The van der Waals surface area contributed by atoms with Crippen molar-refractivity contribution in [2.24, 2.45) is 0 Å². The van der Waals surface area contributed by atoms with E-state index in [0.29, 0.717) is 0 Å². The lowest BCUT2D eigenvalue weighted by atomic mass is 9.97. The van der Waals surface area contributed by atoms with E-state index in [1.807, 2.05) is 6.07 Å². The first-order chi connectivity index (χ1) is 25.7. The standard InChI is InChI=1S/C50H33NO/c1-2-10-34(11-3-1)37-22-26-44(27-23-37)51(45-28-24-38(25-29-45)41-20-18-35-12-4-6-14-39(35)30-41)48-33-43(42-21-19-36-13-5-7-15-40(36)31-42)32-47-46-16-8-9-17-49(46)52-50(47)48/h1-33H. The molecule has 0 aliphatic heterocycles. The highest BCUT2D eigenvalue weighted by Gasteiger charge is 2.22. The second kappa shape index (κ2) is 12.5. The maximum atomic E-state index is 6.75. The quantitative estimate of drug-likeness (QED) is 0.176. The zero-order valence-electron chi connectivity index (χ0n) is 28.4. The topological polar surface area (TPSA) is 16.4 Å². The Labute approximate surface area is 302 Å². The number of benzene rings is 9. The fraction of sp³-hybridized carbons (Fsp3) is 0. The molecule has 2 nitrogen and oxygen atoms in total. The third-order valence-corrected chi connectivity index (χ3v) is 10.2. The van der Waals surface area contributed by atoms with Gasteiger partial charge < -0.3 is 9.32 Å². The molecular formula is C50H33NO. The van der Waals surface area contributed by atoms with Crippen molar-refractivity contribution in [3.8, 4) is 33.4 Å². The van der Waals surface area contributed by atoms with Gasteiger partial charge >= 0.3 is 0 Å². The van der Waals surface area contributed by atoms with Crippen molar-refractivity contribution in [2.45, 2.75) is 0 Å². The van der Waals surface area contributed by atoms with Gasteiger partial charge in [0.25, 0.3) is 0 Å². The van der Waals surface area contributed by atoms with E-state index in [0.717, 1.165) is 50.1 Å². The van der Waals surface area contributed by atoms with Crippen molar-refractivity contribution < 1.29 is 4.42 Å². The van der Waals surface area contributed by atoms with Gasteiger partial charge in [-0.25, -0.2) is 0 Å². The fourth-order valence-electron chi connectivity index (χ4n) is 7.54. The lowest BCUT2D eigenvalue weighted by molar-refractivity contribution is 0.669. The van der Waals surface area contributed by atoms with Gasteiger partial charge in [0.2, 0.25) is 0 Å². The monoisotopic (exact) mass is 663 g/mol. The minimum atomic E-state index is 0.858. The van der Waals surface area contributed by atoms with Crippen molar-refractivity contribution in [2.75, 3.05) is 4.90 Å². The largest absolute Gasteiger partial charge is 0.454 e. The van der Waals surface area contributed by atoms with Crippen LogP contribution in [0.5, 0.6) is 0 Å². The predicted octanol–water partition coefficient (Wildman–Crippen LogP) is 14.4. The highest BCUT2D eigenvalue weighted by molar-refractivity contribution is 6.12. The summed E-state index contributed by atoms with van der Waals surface area (Å²) in [6.45, 7) is 0. The summed E-state index contributed by atoms with van der Waals surface area (Å²) in [6, 6.07) is 71.7. The molecule has 0 atom stereocenters. The predicted molar refractivity (Wildman–Crippen MR) is 220 cm³/mol. The van der Waals surface area contributed by atoms with E-state index in [1.54, 1.807) is 0 Å². The maximum absolute atomic E-state index is 6.75. The number of furan rings is 1. The van der Waals surface area contributed by atoms with E-state index in [4.69, 9.17) is 4.42 Å². The van der Waals surface area contributed by atoms with Gasteiger partial charge in [0.05, 0.1) is 5.69 Å². The lowest BCUT2D eigenvalue weighted by Gasteiger charge is -2.27. The molecule has 1 heterocycles. The molecule has 0 fully saturated rings. The van der Waals surface area contributed by atoms with E-state index in [9.17, 15) is 0 Å². The molecule has 0 aliphatic carbocycles. The number of fused-ring (bicyclic) bond motifs is 5. The summed E-state index contributed by atoms with van der Waals surface area (Å²) in [4.78, 5) is 2.34. The van der Waals surface area contributed by atoms with E-state index in [1.165, 1.54) is 43.8 Å². The normalized spacial score (nSPS) is 11.5. The summed E-state index contributed by atoms with van der Waals surface area (Å²) in [7, 11) is 0. The van der Waals surface area contributed by atoms with Gasteiger partial charge in [0, 0.05) is 22.1 Å².